The summed E-state index contributed by atoms with van der Waals surface area (Å²) in [7, 11) is 1.63. The molecule has 3 heterocycles. The van der Waals surface area contributed by atoms with Gasteiger partial charge in [-0.2, -0.15) is 0 Å². The Hall–Kier alpha value is -3.12. The van der Waals surface area contributed by atoms with E-state index in [9.17, 15) is 9.59 Å². The molecule has 0 radical (unpaired) electrons. The third kappa shape index (κ3) is 4.79. The number of rotatable bonds is 7. The number of hydrogen-bond acceptors (Lipinski definition) is 8. The molecule has 2 aromatic carbocycles. The average molecular weight is 632 g/mol. The molecule has 0 bridgehead atoms. The Morgan fingerprint density at radius 3 is 2.76 bits per heavy atom. The van der Waals surface area contributed by atoms with Crippen LogP contribution in [0.1, 0.15) is 43.9 Å². The smallest absolute Gasteiger partial charge is 0.338 e. The van der Waals surface area contributed by atoms with Crippen LogP contribution in [0.4, 0.5) is 0 Å². The van der Waals surface area contributed by atoms with Crippen LogP contribution in [-0.4, -0.2) is 31.0 Å². The molecule has 37 heavy (non-hydrogen) atoms. The monoisotopic (exact) mass is 632 g/mol. The second-order valence-electron chi connectivity index (χ2n) is 8.42. The third-order valence-corrected chi connectivity index (χ3v) is 7.90. The van der Waals surface area contributed by atoms with E-state index < -0.39 is 12.0 Å². The Morgan fingerprint density at radius 2 is 2.03 bits per heavy atom. The number of aromatic nitrogens is 1. The van der Waals surface area contributed by atoms with Gasteiger partial charge in [0.15, 0.2) is 16.3 Å². The lowest BCUT2D eigenvalue weighted by molar-refractivity contribution is -0.139. The van der Waals surface area contributed by atoms with E-state index in [1.807, 2.05) is 43.3 Å². The van der Waals surface area contributed by atoms with Crippen LogP contribution in [0.25, 0.3) is 6.08 Å². The Morgan fingerprint density at radius 1 is 1.22 bits per heavy atom. The number of esters is 1. The van der Waals surface area contributed by atoms with Crippen molar-refractivity contribution < 1.29 is 23.7 Å². The fourth-order valence-electron chi connectivity index (χ4n) is 4.44. The first-order valence-electron chi connectivity index (χ1n) is 11.9. The maximum absolute atomic E-state index is 13.9. The average Bonchev–Trinajstić information content (AvgIpc) is 3.47. The number of methoxy groups -OCH3 is 1. The van der Waals surface area contributed by atoms with Crippen LogP contribution < -0.4 is 29.1 Å². The van der Waals surface area contributed by atoms with Crippen LogP contribution in [-0.2, 0) is 9.53 Å². The zero-order valence-corrected chi connectivity index (χ0v) is 23.6. The van der Waals surface area contributed by atoms with E-state index in [-0.39, 0.29) is 19.0 Å². The van der Waals surface area contributed by atoms with Gasteiger partial charge in [0.05, 0.1) is 39.1 Å². The van der Waals surface area contributed by atoms with Gasteiger partial charge in [-0.3, -0.25) is 9.36 Å². The normalized spacial score (nSPS) is 16.4. The van der Waals surface area contributed by atoms with Crippen molar-refractivity contribution in [3.63, 3.8) is 0 Å². The highest BCUT2D eigenvalue weighted by Gasteiger charge is 2.35. The van der Waals surface area contributed by atoms with Gasteiger partial charge in [-0.05, 0) is 77.4 Å². The molecule has 1 aromatic heterocycles. The standard InChI is InChI=1S/C27H25IN2O6S/c1-4-6-18-23(26(32)34-5-2)24(16-8-10-20-21(13-16)36-14-35-20)30-25(31)22(37-27(30)29-18)12-15-7-9-19(33-3)17(28)11-15/h7-13,24H,4-6,14H2,1-3H3/b22-12-. The number of carbonyl (C=O) groups is 1. The summed E-state index contributed by atoms with van der Waals surface area (Å²) in [6.45, 7) is 4.14. The fourth-order valence-corrected chi connectivity index (χ4v) is 6.22. The molecule has 0 fully saturated rings. The number of benzene rings is 2. The minimum Gasteiger partial charge on any atom is -0.496 e. The van der Waals surface area contributed by atoms with Crippen LogP contribution in [0.5, 0.6) is 17.2 Å². The van der Waals surface area contributed by atoms with Gasteiger partial charge in [0, 0.05) is 0 Å². The number of hydrogen-bond donors (Lipinski definition) is 0. The summed E-state index contributed by atoms with van der Waals surface area (Å²) in [5, 5.41) is 0. The lowest BCUT2D eigenvalue weighted by Crippen LogP contribution is -2.40. The van der Waals surface area contributed by atoms with Gasteiger partial charge in [-0.15, -0.1) is 0 Å². The first-order chi connectivity index (χ1) is 17.9. The summed E-state index contributed by atoms with van der Waals surface area (Å²) in [4.78, 5) is 32.5. The summed E-state index contributed by atoms with van der Waals surface area (Å²) in [5.74, 6) is 1.49. The predicted molar refractivity (Wildman–Crippen MR) is 148 cm³/mol. The number of nitrogens with zero attached hydrogens (tertiary/aromatic N) is 2. The van der Waals surface area contributed by atoms with Gasteiger partial charge >= 0.3 is 5.97 Å². The summed E-state index contributed by atoms with van der Waals surface area (Å²) in [6.07, 6.45) is 3.21. The van der Waals surface area contributed by atoms with Crippen molar-refractivity contribution in [1.29, 1.82) is 0 Å². The van der Waals surface area contributed by atoms with Crippen LogP contribution in [0.3, 0.4) is 0 Å². The molecule has 0 spiro atoms. The van der Waals surface area contributed by atoms with Crippen LogP contribution in [0, 0.1) is 3.57 Å². The Balaban J connectivity index is 1.73. The molecule has 1 unspecified atom stereocenters. The van der Waals surface area contributed by atoms with Crippen molar-refractivity contribution in [3.05, 3.63) is 82.1 Å². The van der Waals surface area contributed by atoms with Gasteiger partial charge in [-0.1, -0.05) is 36.8 Å². The van der Waals surface area contributed by atoms with E-state index >= 15 is 0 Å². The number of fused-ring (bicyclic) bond motifs is 2. The maximum Gasteiger partial charge on any atom is 0.338 e. The van der Waals surface area contributed by atoms with E-state index in [4.69, 9.17) is 23.9 Å². The molecule has 192 valence electrons. The zero-order valence-electron chi connectivity index (χ0n) is 20.6. The molecule has 1 atom stereocenters. The van der Waals surface area contributed by atoms with Gasteiger partial charge in [0.25, 0.3) is 5.56 Å². The van der Waals surface area contributed by atoms with E-state index in [0.717, 1.165) is 26.9 Å². The van der Waals surface area contributed by atoms with Crippen molar-refractivity contribution in [3.8, 4) is 17.2 Å². The van der Waals surface area contributed by atoms with Crippen molar-refractivity contribution in [1.82, 2.24) is 4.57 Å². The molecule has 2 aliphatic heterocycles. The Bertz CT molecular complexity index is 1590. The number of ether oxygens (including phenoxy) is 4. The molecule has 8 nitrogen and oxygen atoms in total. The highest BCUT2D eigenvalue weighted by atomic mass is 127. The highest BCUT2D eigenvalue weighted by Crippen LogP contribution is 2.38. The highest BCUT2D eigenvalue weighted by molar-refractivity contribution is 14.1. The van der Waals surface area contributed by atoms with Gasteiger partial charge in [0.1, 0.15) is 5.75 Å². The molecule has 0 saturated heterocycles. The summed E-state index contributed by atoms with van der Waals surface area (Å²) in [5.41, 5.74) is 2.38. The van der Waals surface area contributed by atoms with Crippen molar-refractivity contribution >= 4 is 46.0 Å². The molecule has 0 aliphatic carbocycles. The van der Waals surface area contributed by atoms with Crippen LogP contribution in [0.15, 0.2) is 57.5 Å². The fraction of sp³-hybridized carbons (Fsp3) is 0.296. The number of halogens is 1. The molecule has 0 saturated carbocycles. The van der Waals surface area contributed by atoms with E-state index in [0.29, 0.717) is 38.5 Å². The van der Waals surface area contributed by atoms with E-state index in [1.165, 1.54) is 11.3 Å². The van der Waals surface area contributed by atoms with E-state index in [2.05, 4.69) is 22.6 Å². The summed E-state index contributed by atoms with van der Waals surface area (Å²) in [6, 6.07) is 10.5. The summed E-state index contributed by atoms with van der Waals surface area (Å²) < 4.78 is 24.9. The lowest BCUT2D eigenvalue weighted by atomic mass is 9.94. The molecule has 10 heteroatoms. The predicted octanol–water partition coefficient (Wildman–Crippen LogP) is 3.92. The van der Waals surface area contributed by atoms with Crippen LogP contribution in [0.2, 0.25) is 0 Å². The van der Waals surface area contributed by atoms with Crippen molar-refractivity contribution in [2.45, 2.75) is 32.7 Å². The minimum absolute atomic E-state index is 0.129. The Labute approximate surface area is 231 Å². The maximum atomic E-state index is 13.9. The molecule has 3 aromatic rings. The molecular weight excluding hydrogens is 607 g/mol. The van der Waals surface area contributed by atoms with E-state index in [1.54, 1.807) is 24.7 Å². The lowest BCUT2D eigenvalue weighted by Gasteiger charge is -2.25. The third-order valence-electron chi connectivity index (χ3n) is 6.08. The van der Waals surface area contributed by atoms with Gasteiger partial charge < -0.3 is 18.9 Å². The van der Waals surface area contributed by atoms with Crippen molar-refractivity contribution in [2.24, 2.45) is 4.99 Å². The first-order valence-corrected chi connectivity index (χ1v) is 13.8. The quantitative estimate of drug-likeness (QED) is 0.290. The first kappa shape index (κ1) is 25.5. The number of thiazole rings is 1. The SMILES string of the molecule is CCCC1=C(C(=O)OCC)C(c2ccc3c(c2)OCO3)n2c(s/c(=C\c3ccc(OC)c(I)c3)c2=O)=N1. The summed E-state index contributed by atoms with van der Waals surface area (Å²) >= 11 is 3.51. The van der Waals surface area contributed by atoms with Gasteiger partial charge in [-0.25, -0.2) is 9.79 Å². The minimum atomic E-state index is -0.704. The van der Waals surface area contributed by atoms with Crippen LogP contribution >= 0.6 is 33.9 Å². The molecule has 5 rings (SSSR count). The second-order valence-corrected chi connectivity index (χ2v) is 10.6. The number of carbonyl (C=O) groups excluding carboxylic acids is 1. The largest absolute Gasteiger partial charge is 0.496 e. The van der Waals surface area contributed by atoms with Crippen molar-refractivity contribution in [2.75, 3.05) is 20.5 Å². The molecular formula is C27H25IN2O6S. The zero-order chi connectivity index (χ0) is 26.1. The second kappa shape index (κ2) is 10.7. The van der Waals surface area contributed by atoms with Gasteiger partial charge in [0.2, 0.25) is 6.79 Å². The number of allylic oxidation sites excluding steroid dienone is 1. The molecule has 0 N–H and O–H groups in total. The molecule has 2 aliphatic rings. The Kier molecular flexibility index (Phi) is 7.38. The molecule has 0 amide bonds. The topological polar surface area (TPSA) is 88.4 Å².